The zero-order valence-electron chi connectivity index (χ0n) is 19.6. The maximum atomic E-state index is 13.2. The number of fused-ring (bicyclic) bond motifs is 2. The molecular formula is C25H23N3O6S2. The van der Waals surface area contributed by atoms with Gasteiger partial charge in [-0.1, -0.05) is 0 Å². The fraction of sp³-hybridized carbons (Fsp3) is 0.280. The van der Waals surface area contributed by atoms with E-state index < -0.39 is 12.1 Å². The molecule has 1 aliphatic rings. The van der Waals surface area contributed by atoms with E-state index in [1.807, 2.05) is 11.0 Å². The molecule has 0 bridgehead atoms. The van der Waals surface area contributed by atoms with Gasteiger partial charge in [-0.15, -0.1) is 22.7 Å². The number of nitrogens with two attached hydrogens (primary N) is 1. The van der Waals surface area contributed by atoms with Gasteiger partial charge in [0.15, 0.2) is 0 Å². The van der Waals surface area contributed by atoms with Gasteiger partial charge in [-0.3, -0.25) is 9.78 Å². The summed E-state index contributed by atoms with van der Waals surface area (Å²) in [5.41, 5.74) is 5.99. The largest absolute Gasteiger partial charge is 0.456 e. The number of methoxy groups -OCH3 is 1. The van der Waals surface area contributed by atoms with Crippen LogP contribution in [0.5, 0.6) is 11.5 Å². The van der Waals surface area contributed by atoms with Gasteiger partial charge in [0.2, 0.25) is 0 Å². The van der Waals surface area contributed by atoms with Gasteiger partial charge in [-0.25, -0.2) is 9.59 Å². The van der Waals surface area contributed by atoms with Crippen molar-refractivity contribution in [2.24, 2.45) is 5.73 Å². The summed E-state index contributed by atoms with van der Waals surface area (Å²) in [5.74, 6) is 0.346. The molecular weight excluding hydrogens is 502 g/mol. The Labute approximate surface area is 214 Å². The van der Waals surface area contributed by atoms with E-state index in [1.54, 1.807) is 44.5 Å². The van der Waals surface area contributed by atoms with Gasteiger partial charge < -0.3 is 24.8 Å². The van der Waals surface area contributed by atoms with Gasteiger partial charge in [0, 0.05) is 40.9 Å². The highest BCUT2D eigenvalue weighted by Crippen LogP contribution is 2.39. The first-order chi connectivity index (χ1) is 17.4. The average molecular weight is 526 g/mol. The molecule has 0 spiro atoms. The zero-order chi connectivity index (χ0) is 25.4. The number of rotatable bonds is 6. The first-order valence-corrected chi connectivity index (χ1v) is 12.9. The Bertz CT molecular complexity index is 1490. The third-order valence-electron chi connectivity index (χ3n) is 6.05. The van der Waals surface area contributed by atoms with Gasteiger partial charge in [0.05, 0.1) is 33.3 Å². The number of pyridine rings is 1. The average Bonchev–Trinajstić information content (AvgIpc) is 3.54. The molecule has 1 unspecified atom stereocenters. The van der Waals surface area contributed by atoms with E-state index >= 15 is 0 Å². The SMILES string of the molecule is COCC1CCCN1C(=O)c1cc2nccc(Oc3ccc4c(C(=O)OC(N)=O)c(C)sc4c3)c2s1. The number of carbonyl (C=O) groups is 3. The topological polar surface area (TPSA) is 121 Å². The van der Waals surface area contributed by atoms with Crippen molar-refractivity contribution < 1.29 is 28.6 Å². The van der Waals surface area contributed by atoms with Crippen molar-refractivity contribution in [3.8, 4) is 11.5 Å². The summed E-state index contributed by atoms with van der Waals surface area (Å²) >= 11 is 2.74. The Balaban J connectivity index is 1.43. The maximum Gasteiger partial charge on any atom is 0.412 e. The molecule has 1 aromatic carbocycles. The molecule has 2 amide bonds. The Morgan fingerprint density at radius 1 is 1.19 bits per heavy atom. The van der Waals surface area contributed by atoms with Gasteiger partial charge in [0.1, 0.15) is 11.5 Å². The molecule has 1 saturated heterocycles. The highest BCUT2D eigenvalue weighted by atomic mass is 32.1. The molecule has 4 aromatic rings. The number of hydrogen-bond acceptors (Lipinski definition) is 9. The van der Waals surface area contributed by atoms with Crippen LogP contribution in [-0.4, -0.2) is 54.2 Å². The lowest BCUT2D eigenvalue weighted by Gasteiger charge is -2.23. The Kier molecular flexibility index (Phi) is 6.61. The molecule has 1 fully saturated rings. The quantitative estimate of drug-likeness (QED) is 0.275. The van der Waals surface area contributed by atoms with Gasteiger partial charge in [0.25, 0.3) is 5.91 Å². The second-order valence-electron chi connectivity index (χ2n) is 8.39. The van der Waals surface area contributed by atoms with E-state index in [9.17, 15) is 14.4 Å². The van der Waals surface area contributed by atoms with Crippen molar-refractivity contribution in [2.75, 3.05) is 20.3 Å². The number of ether oxygens (including phenoxy) is 3. The minimum absolute atomic E-state index is 0.0191. The van der Waals surface area contributed by atoms with Crippen LogP contribution in [0.1, 0.15) is 37.7 Å². The van der Waals surface area contributed by atoms with Crippen molar-refractivity contribution in [3.05, 3.63) is 51.8 Å². The third kappa shape index (κ3) is 4.52. The van der Waals surface area contributed by atoms with Crippen molar-refractivity contribution in [2.45, 2.75) is 25.8 Å². The van der Waals surface area contributed by atoms with Crippen molar-refractivity contribution in [3.63, 3.8) is 0 Å². The van der Waals surface area contributed by atoms with E-state index in [0.717, 1.165) is 22.2 Å². The molecule has 1 atom stereocenters. The number of nitrogens with zero attached hydrogens (tertiary/aromatic N) is 2. The van der Waals surface area contributed by atoms with Crippen LogP contribution in [0.4, 0.5) is 4.79 Å². The van der Waals surface area contributed by atoms with Crippen LogP contribution in [-0.2, 0) is 9.47 Å². The van der Waals surface area contributed by atoms with E-state index in [2.05, 4.69) is 9.72 Å². The summed E-state index contributed by atoms with van der Waals surface area (Å²) in [5, 5.41) is 0.649. The van der Waals surface area contributed by atoms with Crippen LogP contribution in [0.3, 0.4) is 0 Å². The summed E-state index contributed by atoms with van der Waals surface area (Å²) in [6.45, 7) is 3.01. The lowest BCUT2D eigenvalue weighted by atomic mass is 10.1. The third-order valence-corrected chi connectivity index (χ3v) is 8.24. The lowest BCUT2D eigenvalue weighted by molar-refractivity contribution is 0.0628. The highest BCUT2D eigenvalue weighted by molar-refractivity contribution is 7.21. The number of thiophene rings is 2. The van der Waals surface area contributed by atoms with E-state index in [1.165, 1.54) is 22.7 Å². The number of hydrogen-bond donors (Lipinski definition) is 1. The first kappa shape index (κ1) is 24.2. The second-order valence-corrected chi connectivity index (χ2v) is 10.7. The summed E-state index contributed by atoms with van der Waals surface area (Å²) in [7, 11) is 1.65. The number of benzene rings is 1. The minimum atomic E-state index is -1.15. The zero-order valence-corrected chi connectivity index (χ0v) is 21.2. The molecule has 0 aliphatic carbocycles. The highest BCUT2D eigenvalue weighted by Gasteiger charge is 2.30. The van der Waals surface area contributed by atoms with Gasteiger partial charge in [-0.05, 0) is 44.0 Å². The number of aryl methyl sites for hydroxylation is 1. The van der Waals surface area contributed by atoms with Gasteiger partial charge in [-0.2, -0.15) is 0 Å². The minimum Gasteiger partial charge on any atom is -0.456 e. The molecule has 3 aromatic heterocycles. The second kappa shape index (κ2) is 9.84. The Morgan fingerprint density at radius 2 is 2.03 bits per heavy atom. The summed E-state index contributed by atoms with van der Waals surface area (Å²) in [4.78, 5) is 44.1. The molecule has 0 saturated carbocycles. The smallest absolute Gasteiger partial charge is 0.412 e. The predicted molar refractivity (Wildman–Crippen MR) is 137 cm³/mol. The molecule has 2 N–H and O–H groups in total. The van der Waals surface area contributed by atoms with Crippen molar-refractivity contribution >= 4 is 60.9 Å². The molecule has 186 valence electrons. The van der Waals surface area contributed by atoms with Gasteiger partial charge >= 0.3 is 12.1 Å². The molecule has 5 rings (SSSR count). The summed E-state index contributed by atoms with van der Waals surface area (Å²) < 4.78 is 17.6. The monoisotopic (exact) mass is 525 g/mol. The fourth-order valence-corrected chi connectivity index (χ4v) is 6.60. The molecule has 11 heteroatoms. The number of primary amides is 1. The van der Waals surface area contributed by atoms with Crippen LogP contribution in [0.2, 0.25) is 0 Å². The number of amides is 2. The van der Waals surface area contributed by atoms with Crippen LogP contribution >= 0.6 is 22.7 Å². The maximum absolute atomic E-state index is 13.2. The fourth-order valence-electron chi connectivity index (χ4n) is 4.50. The normalized spacial score (nSPS) is 15.5. The van der Waals surface area contributed by atoms with Crippen LogP contribution < -0.4 is 10.5 Å². The number of carbonyl (C=O) groups excluding carboxylic acids is 3. The Morgan fingerprint density at radius 3 is 2.81 bits per heavy atom. The number of aromatic nitrogens is 1. The predicted octanol–water partition coefficient (Wildman–Crippen LogP) is 5.10. The molecule has 0 radical (unpaired) electrons. The van der Waals surface area contributed by atoms with Crippen LogP contribution in [0, 0.1) is 6.92 Å². The summed E-state index contributed by atoms with van der Waals surface area (Å²) in [6, 6.07) is 8.95. The lowest BCUT2D eigenvalue weighted by Crippen LogP contribution is -2.37. The van der Waals surface area contributed by atoms with Crippen LogP contribution in [0.15, 0.2) is 36.5 Å². The number of likely N-dealkylation sites (tertiary alicyclic amines) is 1. The van der Waals surface area contributed by atoms with Crippen molar-refractivity contribution in [1.82, 2.24) is 9.88 Å². The van der Waals surface area contributed by atoms with Crippen molar-refractivity contribution in [1.29, 1.82) is 0 Å². The standard InChI is InChI=1S/C25H23N3O6S2/c1-13-21(24(30)34-25(26)31)16-6-5-15(10-19(16)35-13)33-18-7-8-27-17-11-20(36-22(17)18)23(29)28-9-3-4-14(28)12-32-2/h5-8,10-11,14H,3-4,9,12H2,1-2H3,(H2,26,31). The molecule has 9 nitrogen and oxygen atoms in total. The van der Waals surface area contributed by atoms with Crippen LogP contribution in [0.25, 0.3) is 20.3 Å². The Hall–Kier alpha value is -3.54. The number of esters is 1. The van der Waals surface area contributed by atoms with E-state index in [0.29, 0.717) is 50.9 Å². The van der Waals surface area contributed by atoms with E-state index in [4.69, 9.17) is 15.2 Å². The molecule has 36 heavy (non-hydrogen) atoms. The molecule has 1 aliphatic heterocycles. The molecule has 4 heterocycles. The summed E-state index contributed by atoms with van der Waals surface area (Å²) in [6.07, 6.45) is 2.40. The van der Waals surface area contributed by atoms with E-state index in [-0.39, 0.29) is 11.9 Å². The first-order valence-electron chi connectivity index (χ1n) is 11.3.